The molecule has 0 aliphatic carbocycles. The van der Waals surface area contributed by atoms with E-state index in [4.69, 9.17) is 25.5 Å². The molecule has 2 aromatic carbocycles. The Bertz CT molecular complexity index is 1440. The first-order valence-electron chi connectivity index (χ1n) is 15.5. The summed E-state index contributed by atoms with van der Waals surface area (Å²) in [4.78, 5) is 43.8. The fraction of sp³-hybridized carbons (Fsp3) is 0.500. The number of unbranched alkanes of at least 4 members (excludes halogenated alkanes) is 7. The second-order valence-electron chi connectivity index (χ2n) is 11.2. The molecule has 1 aliphatic heterocycles. The quantitative estimate of drug-likeness (QED) is 0.147. The maximum atomic E-state index is 13.9. The van der Waals surface area contributed by atoms with Crippen LogP contribution in [0.15, 0.2) is 51.9 Å². The van der Waals surface area contributed by atoms with Crippen LogP contribution in [0, 0.1) is 0 Å². The zero-order valence-corrected chi connectivity index (χ0v) is 26.1. The minimum atomic E-state index is -0.245. The van der Waals surface area contributed by atoms with E-state index in [-0.39, 0.29) is 43.7 Å². The Balaban J connectivity index is 1.51. The van der Waals surface area contributed by atoms with Crippen LogP contribution >= 0.6 is 11.6 Å². The molecule has 1 aliphatic rings. The van der Waals surface area contributed by atoms with Crippen molar-refractivity contribution in [3.8, 4) is 11.5 Å². The molecule has 0 saturated heterocycles. The summed E-state index contributed by atoms with van der Waals surface area (Å²) in [6.45, 7) is 5.12. The second kappa shape index (κ2) is 16.4. The third-order valence-corrected chi connectivity index (χ3v) is 8.02. The number of halogens is 1. The van der Waals surface area contributed by atoms with Crippen LogP contribution < -0.4 is 14.9 Å². The summed E-state index contributed by atoms with van der Waals surface area (Å²) < 4.78 is 16.7. The van der Waals surface area contributed by atoms with Crippen LogP contribution in [-0.4, -0.2) is 41.5 Å². The van der Waals surface area contributed by atoms with Crippen molar-refractivity contribution in [1.82, 2.24) is 9.80 Å². The lowest BCUT2D eigenvalue weighted by Gasteiger charge is -2.28. The van der Waals surface area contributed by atoms with Crippen molar-refractivity contribution in [1.29, 1.82) is 0 Å². The van der Waals surface area contributed by atoms with Crippen molar-refractivity contribution in [2.24, 2.45) is 0 Å². The van der Waals surface area contributed by atoms with E-state index in [2.05, 4.69) is 13.8 Å². The van der Waals surface area contributed by atoms with E-state index < -0.39 is 0 Å². The lowest BCUT2D eigenvalue weighted by molar-refractivity contribution is -0.141. The highest BCUT2D eigenvalue weighted by atomic mass is 35.5. The number of nitrogens with zero attached hydrogens (tertiary/aromatic N) is 2. The summed E-state index contributed by atoms with van der Waals surface area (Å²) >= 11 is 6.15. The zero-order chi connectivity index (χ0) is 30.6. The van der Waals surface area contributed by atoms with E-state index in [0.717, 1.165) is 37.7 Å². The molecule has 0 radical (unpaired) electrons. The molecular formula is C34H43ClN2O6. The van der Waals surface area contributed by atoms with Gasteiger partial charge in [-0.05, 0) is 48.7 Å². The van der Waals surface area contributed by atoms with Gasteiger partial charge in [-0.2, -0.15) is 0 Å². The van der Waals surface area contributed by atoms with Gasteiger partial charge in [0.15, 0.2) is 16.9 Å². The summed E-state index contributed by atoms with van der Waals surface area (Å²) in [5, 5.41) is 0.784. The van der Waals surface area contributed by atoms with Crippen molar-refractivity contribution in [2.75, 3.05) is 19.9 Å². The topological polar surface area (TPSA) is 89.3 Å². The molecule has 0 spiro atoms. The highest BCUT2D eigenvalue weighted by Gasteiger charge is 2.24. The Hall–Kier alpha value is -3.52. The Morgan fingerprint density at radius 3 is 2.35 bits per heavy atom. The average molecular weight is 611 g/mol. The minimum absolute atomic E-state index is 0.00162. The zero-order valence-electron chi connectivity index (χ0n) is 25.4. The first-order chi connectivity index (χ1) is 20.9. The number of hydrogen-bond donors (Lipinski definition) is 0. The molecule has 2 amide bonds. The van der Waals surface area contributed by atoms with E-state index >= 15 is 0 Å². The van der Waals surface area contributed by atoms with Crippen LogP contribution in [0.3, 0.4) is 0 Å². The molecule has 8 nitrogen and oxygen atoms in total. The number of carbonyl (C=O) groups excluding carboxylic acids is 2. The Kier molecular flexibility index (Phi) is 12.3. The molecule has 0 unspecified atom stereocenters. The van der Waals surface area contributed by atoms with E-state index in [1.165, 1.54) is 31.9 Å². The number of fused-ring (bicyclic) bond motifs is 2. The van der Waals surface area contributed by atoms with Gasteiger partial charge in [-0.3, -0.25) is 14.4 Å². The van der Waals surface area contributed by atoms with Gasteiger partial charge in [-0.15, -0.1) is 0 Å². The van der Waals surface area contributed by atoms with Crippen molar-refractivity contribution in [2.45, 2.75) is 91.1 Å². The summed E-state index contributed by atoms with van der Waals surface area (Å²) in [7, 11) is 0. The lowest BCUT2D eigenvalue weighted by Crippen LogP contribution is -2.43. The molecule has 43 heavy (non-hydrogen) atoms. The number of benzene rings is 2. The first-order valence-corrected chi connectivity index (χ1v) is 15.9. The number of hydrogen-bond acceptors (Lipinski definition) is 6. The summed E-state index contributed by atoms with van der Waals surface area (Å²) in [6.07, 6.45) is 11.4. The van der Waals surface area contributed by atoms with E-state index in [9.17, 15) is 14.4 Å². The van der Waals surface area contributed by atoms with Crippen LogP contribution in [0.25, 0.3) is 11.0 Å². The van der Waals surface area contributed by atoms with Crippen molar-refractivity contribution in [3.63, 3.8) is 0 Å². The molecule has 1 aromatic heterocycles. The van der Waals surface area contributed by atoms with Crippen molar-refractivity contribution >= 4 is 34.4 Å². The van der Waals surface area contributed by atoms with Gasteiger partial charge in [0.05, 0.1) is 30.3 Å². The molecule has 4 rings (SSSR count). The van der Waals surface area contributed by atoms with Gasteiger partial charge < -0.3 is 23.7 Å². The lowest BCUT2D eigenvalue weighted by atomic mass is 10.1. The summed E-state index contributed by atoms with van der Waals surface area (Å²) in [6, 6.07) is 10.4. The Morgan fingerprint density at radius 1 is 0.814 bits per heavy atom. The van der Waals surface area contributed by atoms with Crippen LogP contribution in [-0.2, 0) is 22.7 Å². The standard InChI is InChI=1S/C34H43ClN2O6/c1-3-5-7-8-9-10-11-12-32(38)36(17-6-4-2)22-33(39)37(20-25-13-15-30-31(18-25)43-24-42-30)21-26-23-41-29-16-14-27(35)19-28(29)34(26)40/h13-16,18-19,23H,3-12,17,20-22,24H2,1-2H3. The average Bonchev–Trinajstić information content (AvgIpc) is 3.48. The number of amides is 2. The fourth-order valence-corrected chi connectivity index (χ4v) is 5.42. The Labute approximate surface area is 258 Å². The van der Waals surface area contributed by atoms with Gasteiger partial charge in [0.1, 0.15) is 5.58 Å². The van der Waals surface area contributed by atoms with Crippen LogP contribution in [0.1, 0.15) is 89.2 Å². The third-order valence-electron chi connectivity index (χ3n) is 7.78. The molecule has 0 N–H and O–H groups in total. The normalized spacial score (nSPS) is 12.1. The molecule has 0 saturated carbocycles. The molecule has 0 atom stereocenters. The van der Waals surface area contributed by atoms with Crippen LogP contribution in [0.2, 0.25) is 5.02 Å². The number of carbonyl (C=O) groups is 2. The summed E-state index contributed by atoms with van der Waals surface area (Å²) in [5.41, 5.74) is 1.33. The fourth-order valence-electron chi connectivity index (χ4n) is 5.25. The van der Waals surface area contributed by atoms with E-state index in [1.807, 2.05) is 18.2 Å². The molecule has 3 aromatic rings. The molecule has 0 bridgehead atoms. The van der Waals surface area contributed by atoms with Crippen LogP contribution in [0.5, 0.6) is 11.5 Å². The minimum Gasteiger partial charge on any atom is -0.464 e. The maximum Gasteiger partial charge on any atom is 0.242 e. The van der Waals surface area contributed by atoms with Crippen LogP contribution in [0.4, 0.5) is 0 Å². The van der Waals surface area contributed by atoms with Crippen molar-refractivity contribution < 1.29 is 23.5 Å². The molecule has 2 heterocycles. The Morgan fingerprint density at radius 2 is 1.56 bits per heavy atom. The van der Waals surface area contributed by atoms with E-state index in [0.29, 0.717) is 46.0 Å². The first kappa shape index (κ1) is 32.4. The van der Waals surface area contributed by atoms with Gasteiger partial charge in [-0.25, -0.2) is 0 Å². The molecular weight excluding hydrogens is 568 g/mol. The summed E-state index contributed by atoms with van der Waals surface area (Å²) in [5.74, 6) is 1.01. The monoisotopic (exact) mass is 610 g/mol. The second-order valence-corrected chi connectivity index (χ2v) is 11.6. The molecule has 9 heteroatoms. The maximum absolute atomic E-state index is 13.9. The number of ether oxygens (including phenoxy) is 2. The van der Waals surface area contributed by atoms with Crippen molar-refractivity contribution in [3.05, 3.63) is 69.0 Å². The third kappa shape index (κ3) is 9.23. The van der Waals surface area contributed by atoms with Gasteiger partial charge in [0.2, 0.25) is 18.6 Å². The largest absolute Gasteiger partial charge is 0.464 e. The molecule has 232 valence electrons. The predicted octanol–water partition coefficient (Wildman–Crippen LogP) is 7.47. The predicted molar refractivity (Wildman–Crippen MR) is 168 cm³/mol. The van der Waals surface area contributed by atoms with Gasteiger partial charge >= 0.3 is 0 Å². The number of rotatable bonds is 17. The van der Waals surface area contributed by atoms with E-state index in [1.54, 1.807) is 28.0 Å². The molecule has 0 fully saturated rings. The van der Waals surface area contributed by atoms with Gasteiger partial charge in [0.25, 0.3) is 0 Å². The highest BCUT2D eigenvalue weighted by Crippen LogP contribution is 2.33. The van der Waals surface area contributed by atoms with Gasteiger partial charge in [-0.1, -0.05) is 76.5 Å². The van der Waals surface area contributed by atoms with Gasteiger partial charge in [0, 0.05) is 24.5 Å². The smallest absolute Gasteiger partial charge is 0.242 e. The SMILES string of the molecule is CCCCCCCCCC(=O)N(CCCC)CC(=O)N(Cc1ccc2c(c1)OCO2)Cc1coc2ccc(Cl)cc2c1=O. The highest BCUT2D eigenvalue weighted by molar-refractivity contribution is 6.31.